The van der Waals surface area contributed by atoms with E-state index in [0.717, 1.165) is 12.3 Å². The zero-order valence-corrected chi connectivity index (χ0v) is 10.8. The summed E-state index contributed by atoms with van der Waals surface area (Å²) in [5.41, 5.74) is -2.51. The number of halogens is 7. The summed E-state index contributed by atoms with van der Waals surface area (Å²) >= 11 is 5.40. The summed E-state index contributed by atoms with van der Waals surface area (Å²) in [6.45, 7) is 0. The third-order valence-electron chi connectivity index (χ3n) is 2.55. The number of aromatic nitrogens is 3. The summed E-state index contributed by atoms with van der Waals surface area (Å²) in [6, 6.07) is 1.44. The largest absolute Gasteiger partial charge is 0.433 e. The summed E-state index contributed by atoms with van der Waals surface area (Å²) in [7, 11) is 0. The summed E-state index contributed by atoms with van der Waals surface area (Å²) in [5, 5.41) is 3.48. The van der Waals surface area contributed by atoms with E-state index in [1.165, 1.54) is 0 Å². The third-order valence-corrected chi connectivity index (χ3v) is 2.84. The first-order valence-corrected chi connectivity index (χ1v) is 5.91. The minimum absolute atomic E-state index is 0.286. The molecule has 0 N–H and O–H groups in total. The molecule has 0 unspecified atom stereocenters. The quantitative estimate of drug-likeness (QED) is 0.615. The molecule has 0 aliphatic heterocycles. The van der Waals surface area contributed by atoms with Crippen molar-refractivity contribution < 1.29 is 26.3 Å². The zero-order chi connectivity index (χ0) is 15.8. The van der Waals surface area contributed by atoms with E-state index in [0.29, 0.717) is 16.9 Å². The van der Waals surface area contributed by atoms with Gasteiger partial charge in [0.2, 0.25) is 0 Å². The summed E-state index contributed by atoms with van der Waals surface area (Å²) in [5.74, 6) is -0.818. The Balaban J connectivity index is 2.50. The molecule has 0 saturated heterocycles. The predicted octanol–water partition coefficient (Wildman–Crippen LogP) is 4.04. The lowest BCUT2D eigenvalue weighted by Gasteiger charge is -2.12. The highest BCUT2D eigenvalue weighted by Crippen LogP contribution is 2.34. The van der Waals surface area contributed by atoms with Crippen LogP contribution in [0, 0.1) is 0 Å². The molecule has 0 spiro atoms. The lowest BCUT2D eigenvalue weighted by atomic mass is 10.2. The van der Waals surface area contributed by atoms with Crippen LogP contribution in [-0.2, 0) is 18.2 Å². The Bertz CT molecular complexity index is 629. The first kappa shape index (κ1) is 15.6. The molecule has 2 rings (SSSR count). The van der Waals surface area contributed by atoms with E-state index in [1.54, 1.807) is 0 Å². The minimum Gasteiger partial charge on any atom is -0.236 e. The van der Waals surface area contributed by atoms with Crippen LogP contribution in [0.4, 0.5) is 26.3 Å². The molecule has 2 aromatic heterocycles. The molecule has 2 heterocycles. The molecule has 0 aliphatic carbocycles. The maximum Gasteiger partial charge on any atom is 0.433 e. The first-order valence-electron chi connectivity index (χ1n) is 5.38. The van der Waals surface area contributed by atoms with Gasteiger partial charge in [-0.3, -0.25) is 0 Å². The van der Waals surface area contributed by atoms with Gasteiger partial charge in [-0.2, -0.15) is 31.4 Å². The van der Waals surface area contributed by atoms with Crippen LogP contribution in [-0.4, -0.2) is 14.8 Å². The average Bonchev–Trinajstić information content (AvgIpc) is 2.81. The Labute approximate surface area is 119 Å². The summed E-state index contributed by atoms with van der Waals surface area (Å²) < 4.78 is 76.5. The molecule has 2 aromatic rings. The molecule has 0 fully saturated rings. The van der Waals surface area contributed by atoms with Gasteiger partial charge < -0.3 is 0 Å². The fraction of sp³-hybridized carbons (Fsp3) is 0.273. The molecule has 0 amide bonds. The Morgan fingerprint density at radius 3 is 2.10 bits per heavy atom. The normalized spacial score (nSPS) is 12.7. The topological polar surface area (TPSA) is 30.7 Å². The lowest BCUT2D eigenvalue weighted by Crippen LogP contribution is -2.16. The molecular formula is C11H6ClF6N3. The SMILES string of the molecule is FC(F)(F)c1ccc(-n2ncc(CCl)c2C(F)(F)F)nc1. The van der Waals surface area contributed by atoms with Crippen LogP contribution in [0.2, 0.25) is 0 Å². The van der Waals surface area contributed by atoms with E-state index in [1.807, 2.05) is 0 Å². The van der Waals surface area contributed by atoms with Crippen molar-refractivity contribution >= 4 is 11.6 Å². The van der Waals surface area contributed by atoms with E-state index in [2.05, 4.69) is 10.1 Å². The first-order chi connectivity index (χ1) is 9.64. The number of hydrogen-bond donors (Lipinski definition) is 0. The molecule has 0 aromatic carbocycles. The highest BCUT2D eigenvalue weighted by molar-refractivity contribution is 6.17. The van der Waals surface area contributed by atoms with Crippen LogP contribution >= 0.6 is 11.6 Å². The van der Waals surface area contributed by atoms with Crippen LogP contribution in [0.3, 0.4) is 0 Å². The number of nitrogens with zero attached hydrogens (tertiary/aromatic N) is 3. The van der Waals surface area contributed by atoms with Crippen molar-refractivity contribution in [3.05, 3.63) is 41.3 Å². The fourth-order valence-electron chi connectivity index (χ4n) is 1.63. The van der Waals surface area contributed by atoms with E-state index in [9.17, 15) is 26.3 Å². The van der Waals surface area contributed by atoms with Crippen molar-refractivity contribution in [3.63, 3.8) is 0 Å². The van der Waals surface area contributed by atoms with Crippen molar-refractivity contribution in [2.75, 3.05) is 0 Å². The van der Waals surface area contributed by atoms with Gasteiger partial charge in [0, 0.05) is 11.8 Å². The van der Waals surface area contributed by atoms with Gasteiger partial charge in [0.25, 0.3) is 0 Å². The lowest BCUT2D eigenvalue weighted by molar-refractivity contribution is -0.143. The number of pyridine rings is 1. The smallest absolute Gasteiger partial charge is 0.236 e. The van der Waals surface area contributed by atoms with Crippen LogP contribution in [0.15, 0.2) is 24.5 Å². The Morgan fingerprint density at radius 1 is 1.00 bits per heavy atom. The molecule has 10 heteroatoms. The molecule has 0 atom stereocenters. The molecule has 3 nitrogen and oxygen atoms in total. The number of rotatable bonds is 2. The van der Waals surface area contributed by atoms with Crippen molar-refractivity contribution in [2.45, 2.75) is 18.2 Å². The molecule has 0 aliphatic rings. The molecule has 0 saturated carbocycles. The van der Waals surface area contributed by atoms with Crippen molar-refractivity contribution in [1.29, 1.82) is 0 Å². The van der Waals surface area contributed by atoms with Crippen molar-refractivity contribution in [1.82, 2.24) is 14.8 Å². The van der Waals surface area contributed by atoms with E-state index >= 15 is 0 Å². The molecule has 114 valence electrons. The highest BCUT2D eigenvalue weighted by Gasteiger charge is 2.39. The van der Waals surface area contributed by atoms with Gasteiger partial charge in [-0.1, -0.05) is 0 Å². The second-order valence-corrected chi connectivity index (χ2v) is 4.23. The van der Waals surface area contributed by atoms with Gasteiger partial charge in [0.15, 0.2) is 11.5 Å². The third kappa shape index (κ3) is 3.12. The highest BCUT2D eigenvalue weighted by atomic mass is 35.5. The van der Waals surface area contributed by atoms with Crippen molar-refractivity contribution in [2.24, 2.45) is 0 Å². The maximum absolute atomic E-state index is 13.0. The van der Waals surface area contributed by atoms with Gasteiger partial charge in [-0.15, -0.1) is 11.6 Å². The van der Waals surface area contributed by atoms with Gasteiger partial charge in [0.05, 0.1) is 17.6 Å². The van der Waals surface area contributed by atoms with E-state index in [4.69, 9.17) is 11.6 Å². The average molecular weight is 330 g/mol. The van der Waals surface area contributed by atoms with Gasteiger partial charge in [-0.05, 0) is 12.1 Å². The van der Waals surface area contributed by atoms with Gasteiger partial charge >= 0.3 is 12.4 Å². The molecule has 21 heavy (non-hydrogen) atoms. The molecular weight excluding hydrogens is 324 g/mol. The summed E-state index contributed by atoms with van der Waals surface area (Å²) in [4.78, 5) is 3.37. The van der Waals surface area contributed by atoms with Crippen LogP contribution in [0.1, 0.15) is 16.8 Å². The Kier molecular flexibility index (Phi) is 3.87. The monoisotopic (exact) mass is 329 g/mol. The minimum atomic E-state index is -4.76. The molecule has 0 bridgehead atoms. The predicted molar refractivity (Wildman–Crippen MR) is 60.9 cm³/mol. The molecule has 0 radical (unpaired) electrons. The van der Waals surface area contributed by atoms with Gasteiger partial charge in [-0.25, -0.2) is 9.67 Å². The summed E-state index contributed by atoms with van der Waals surface area (Å²) in [6.07, 6.45) is -8.04. The van der Waals surface area contributed by atoms with Crippen LogP contribution in [0.5, 0.6) is 0 Å². The van der Waals surface area contributed by atoms with Crippen molar-refractivity contribution in [3.8, 4) is 5.82 Å². The maximum atomic E-state index is 13.0. The van der Waals surface area contributed by atoms with Gasteiger partial charge in [0.1, 0.15) is 0 Å². The fourth-order valence-corrected chi connectivity index (χ4v) is 1.83. The van der Waals surface area contributed by atoms with E-state index in [-0.39, 0.29) is 11.4 Å². The van der Waals surface area contributed by atoms with E-state index < -0.39 is 29.5 Å². The zero-order valence-electron chi connectivity index (χ0n) is 10.0. The standard InChI is InChI=1S/C11H6ClF6N3/c12-3-6-4-20-21(9(6)11(16,17)18)8-2-1-7(5-19-8)10(13,14)15/h1-2,4-5H,3H2. The second-order valence-electron chi connectivity index (χ2n) is 3.96. The second kappa shape index (κ2) is 5.21. The Hall–Kier alpha value is -1.77. The Morgan fingerprint density at radius 2 is 1.67 bits per heavy atom. The van der Waals surface area contributed by atoms with Crippen LogP contribution in [0.25, 0.3) is 5.82 Å². The number of alkyl halides is 7. The number of hydrogen-bond acceptors (Lipinski definition) is 2. The van der Waals surface area contributed by atoms with Crippen LogP contribution < -0.4 is 0 Å².